The highest BCUT2D eigenvalue weighted by Gasteiger charge is 2.32. The van der Waals surface area contributed by atoms with Crippen LogP contribution in [0.2, 0.25) is 5.02 Å². The molecule has 4 nitrogen and oxygen atoms in total. The van der Waals surface area contributed by atoms with Gasteiger partial charge in [-0.2, -0.15) is 5.32 Å². The van der Waals surface area contributed by atoms with E-state index < -0.39 is 17.8 Å². The van der Waals surface area contributed by atoms with Crippen molar-refractivity contribution >= 4 is 45.2 Å². The molecule has 1 heterocycles. The highest BCUT2D eigenvalue weighted by molar-refractivity contribution is 9.10. The lowest BCUT2D eigenvalue weighted by molar-refractivity contribution is 0.0782. The average molecular weight is 383 g/mol. The molecule has 0 saturated carbocycles. The van der Waals surface area contributed by atoms with Gasteiger partial charge in [0, 0.05) is 15.1 Å². The van der Waals surface area contributed by atoms with Crippen molar-refractivity contribution in [3.63, 3.8) is 0 Å². The van der Waals surface area contributed by atoms with E-state index in [1.54, 1.807) is 12.1 Å². The van der Waals surface area contributed by atoms with E-state index in [1.165, 1.54) is 24.3 Å². The molecule has 3 rings (SSSR count). The normalized spacial score (nSPS) is 13.9. The van der Waals surface area contributed by atoms with Gasteiger partial charge in [-0.15, -0.1) is 0 Å². The molecule has 2 aromatic carbocycles. The lowest BCUT2D eigenvalue weighted by atomic mass is 10.1. The molecule has 0 saturated heterocycles. The van der Waals surface area contributed by atoms with Gasteiger partial charge in [0.05, 0.1) is 17.8 Å². The first-order valence-electron chi connectivity index (χ1n) is 6.27. The third-order valence-corrected chi connectivity index (χ3v) is 3.95. The SMILES string of the molecule is O=C1[N]c2cc(Cl)ccc2C(=O)N1Cc1ccc(Br)cc1F. The topological polar surface area (TPSA) is 51.5 Å². The van der Waals surface area contributed by atoms with Crippen LogP contribution in [0, 0.1) is 5.82 Å². The molecule has 22 heavy (non-hydrogen) atoms. The summed E-state index contributed by atoms with van der Waals surface area (Å²) in [5.41, 5.74) is 0.731. The Balaban J connectivity index is 1.93. The number of benzene rings is 2. The number of hydrogen-bond donors (Lipinski definition) is 0. The first-order valence-corrected chi connectivity index (χ1v) is 7.44. The maximum atomic E-state index is 13.9. The molecule has 111 valence electrons. The Bertz CT molecular complexity index is 797. The summed E-state index contributed by atoms with van der Waals surface area (Å²) in [5, 5.41) is 4.22. The molecule has 0 aliphatic carbocycles. The third kappa shape index (κ3) is 2.71. The summed E-state index contributed by atoms with van der Waals surface area (Å²) in [7, 11) is 0. The fraction of sp³-hybridized carbons (Fsp3) is 0.0667. The summed E-state index contributed by atoms with van der Waals surface area (Å²) in [5.74, 6) is -1.02. The van der Waals surface area contributed by atoms with Gasteiger partial charge in [0.25, 0.3) is 5.91 Å². The molecule has 3 amide bonds. The lowest BCUT2D eigenvalue weighted by Gasteiger charge is -2.26. The van der Waals surface area contributed by atoms with Crippen LogP contribution in [0.3, 0.4) is 0 Å². The van der Waals surface area contributed by atoms with E-state index in [0.717, 1.165) is 4.90 Å². The first-order chi connectivity index (χ1) is 10.5. The highest BCUT2D eigenvalue weighted by Crippen LogP contribution is 2.28. The Labute approximate surface area is 139 Å². The van der Waals surface area contributed by atoms with Crippen LogP contribution >= 0.6 is 27.5 Å². The van der Waals surface area contributed by atoms with E-state index in [4.69, 9.17) is 11.6 Å². The van der Waals surface area contributed by atoms with Gasteiger partial charge in [-0.25, -0.2) is 9.18 Å². The Morgan fingerprint density at radius 2 is 1.95 bits per heavy atom. The van der Waals surface area contributed by atoms with Crippen LogP contribution in [0.4, 0.5) is 14.9 Å². The van der Waals surface area contributed by atoms with Crippen molar-refractivity contribution < 1.29 is 14.0 Å². The van der Waals surface area contributed by atoms with Gasteiger partial charge in [-0.05, 0) is 30.3 Å². The summed E-state index contributed by atoms with van der Waals surface area (Å²) in [4.78, 5) is 25.3. The number of hydrogen-bond acceptors (Lipinski definition) is 2. The monoisotopic (exact) mass is 381 g/mol. The van der Waals surface area contributed by atoms with Gasteiger partial charge >= 0.3 is 6.03 Å². The van der Waals surface area contributed by atoms with E-state index in [-0.39, 0.29) is 23.4 Å². The predicted molar refractivity (Wildman–Crippen MR) is 82.6 cm³/mol. The largest absolute Gasteiger partial charge is 0.351 e. The zero-order valence-electron chi connectivity index (χ0n) is 11.0. The van der Waals surface area contributed by atoms with E-state index >= 15 is 0 Å². The number of halogens is 3. The van der Waals surface area contributed by atoms with Crippen molar-refractivity contribution in [2.45, 2.75) is 6.54 Å². The molecule has 0 unspecified atom stereocenters. The molecule has 1 aliphatic heterocycles. The van der Waals surface area contributed by atoms with Gasteiger partial charge in [0.15, 0.2) is 0 Å². The second-order valence-corrected chi connectivity index (χ2v) is 6.03. The molecule has 0 aromatic heterocycles. The smallest absolute Gasteiger partial charge is 0.268 e. The maximum Gasteiger partial charge on any atom is 0.351 e. The van der Waals surface area contributed by atoms with Crippen LogP contribution in [0.1, 0.15) is 15.9 Å². The minimum absolute atomic E-state index is 0.178. The Kier molecular flexibility index (Phi) is 3.88. The van der Waals surface area contributed by atoms with Crippen LogP contribution in [0.25, 0.3) is 0 Å². The number of rotatable bonds is 2. The zero-order chi connectivity index (χ0) is 15.9. The summed E-state index contributed by atoms with van der Waals surface area (Å²) < 4.78 is 14.5. The fourth-order valence-electron chi connectivity index (χ4n) is 2.13. The van der Waals surface area contributed by atoms with E-state index in [1.807, 2.05) is 0 Å². The van der Waals surface area contributed by atoms with Gasteiger partial charge in [-0.1, -0.05) is 33.6 Å². The number of fused-ring (bicyclic) bond motifs is 1. The standard InChI is InChI=1S/C15H8BrClFN2O2/c16-9-2-1-8(12(18)5-9)7-20-14(21)11-4-3-10(17)6-13(11)19-15(20)22/h1-6H,7H2. The van der Waals surface area contributed by atoms with Crippen LogP contribution in [-0.4, -0.2) is 16.8 Å². The highest BCUT2D eigenvalue weighted by atomic mass is 79.9. The summed E-state index contributed by atoms with van der Waals surface area (Å²) in [6.07, 6.45) is 0. The zero-order valence-corrected chi connectivity index (χ0v) is 13.4. The van der Waals surface area contributed by atoms with Gasteiger partial charge in [0.2, 0.25) is 0 Å². The number of urea groups is 1. The van der Waals surface area contributed by atoms with Crippen molar-refractivity contribution in [1.29, 1.82) is 0 Å². The summed E-state index contributed by atoms with van der Waals surface area (Å²) >= 11 is 8.98. The second kappa shape index (κ2) is 5.70. The maximum absolute atomic E-state index is 13.9. The molecular formula is C15H8BrClFN2O2. The Hall–Kier alpha value is -1.92. The molecular weight excluding hydrogens is 375 g/mol. The van der Waals surface area contributed by atoms with Crippen molar-refractivity contribution in [2.75, 3.05) is 0 Å². The number of imide groups is 1. The van der Waals surface area contributed by atoms with Crippen molar-refractivity contribution in [3.8, 4) is 0 Å². The van der Waals surface area contributed by atoms with Crippen molar-refractivity contribution in [2.24, 2.45) is 0 Å². The van der Waals surface area contributed by atoms with E-state index in [2.05, 4.69) is 21.2 Å². The minimum atomic E-state index is -0.734. The van der Waals surface area contributed by atoms with Crippen LogP contribution in [0.5, 0.6) is 0 Å². The summed E-state index contributed by atoms with van der Waals surface area (Å²) in [6.45, 7) is -0.178. The number of carbonyl (C=O) groups excluding carboxylic acids is 2. The van der Waals surface area contributed by atoms with Gasteiger partial charge in [0.1, 0.15) is 5.82 Å². The van der Waals surface area contributed by atoms with Gasteiger partial charge in [-0.3, -0.25) is 9.69 Å². The molecule has 0 N–H and O–H groups in total. The van der Waals surface area contributed by atoms with E-state index in [9.17, 15) is 14.0 Å². The van der Waals surface area contributed by atoms with Crippen LogP contribution in [-0.2, 0) is 6.54 Å². The quantitative estimate of drug-likeness (QED) is 0.779. The molecule has 0 fully saturated rings. The average Bonchev–Trinajstić information content (AvgIpc) is 2.45. The summed E-state index contributed by atoms with van der Waals surface area (Å²) in [6, 6.07) is 8.19. The van der Waals surface area contributed by atoms with Crippen molar-refractivity contribution in [3.05, 3.63) is 62.8 Å². The van der Waals surface area contributed by atoms with Gasteiger partial charge < -0.3 is 0 Å². The molecule has 0 spiro atoms. The molecule has 7 heteroatoms. The number of amides is 3. The third-order valence-electron chi connectivity index (χ3n) is 3.23. The van der Waals surface area contributed by atoms with Crippen LogP contribution < -0.4 is 5.32 Å². The molecule has 2 aromatic rings. The lowest BCUT2D eigenvalue weighted by Crippen LogP contribution is -2.43. The predicted octanol–water partition coefficient (Wildman–Crippen LogP) is 4.25. The number of nitrogens with zero attached hydrogens (tertiary/aromatic N) is 2. The van der Waals surface area contributed by atoms with Crippen molar-refractivity contribution in [1.82, 2.24) is 10.2 Å². The number of carbonyl (C=O) groups is 2. The molecule has 1 aliphatic rings. The molecule has 1 radical (unpaired) electrons. The second-order valence-electron chi connectivity index (χ2n) is 4.68. The Morgan fingerprint density at radius 1 is 1.18 bits per heavy atom. The fourth-order valence-corrected chi connectivity index (χ4v) is 2.63. The Morgan fingerprint density at radius 3 is 2.68 bits per heavy atom. The van der Waals surface area contributed by atoms with E-state index in [0.29, 0.717) is 9.50 Å². The van der Waals surface area contributed by atoms with Crippen LogP contribution in [0.15, 0.2) is 40.9 Å². The molecule has 0 bridgehead atoms. The minimum Gasteiger partial charge on any atom is -0.268 e. The first kappa shape index (κ1) is 15.0. The molecule has 0 atom stereocenters.